The quantitative estimate of drug-likeness (QED) is 0.434. The topological polar surface area (TPSA) is 118 Å². The number of benzene rings is 1. The highest BCUT2D eigenvalue weighted by atomic mass is 32.1. The number of thiocarbonyl (C=S) groups is 1. The Kier molecular flexibility index (Phi) is 5.58. The SMILES string of the molecule is COc1cc([N+](=O)[O-])ccc1NC(=S)NNC(=O)c1cccnc1. The molecule has 1 heterocycles. The van der Waals surface area contributed by atoms with Gasteiger partial charge >= 0.3 is 0 Å². The Hall–Kier alpha value is -3.27. The van der Waals surface area contributed by atoms with Crippen LogP contribution in [0.2, 0.25) is 0 Å². The van der Waals surface area contributed by atoms with Gasteiger partial charge in [-0.25, -0.2) is 0 Å². The van der Waals surface area contributed by atoms with Gasteiger partial charge < -0.3 is 10.1 Å². The number of amides is 1. The lowest BCUT2D eigenvalue weighted by atomic mass is 10.2. The molecular weight excluding hydrogens is 334 g/mol. The first-order valence-electron chi connectivity index (χ1n) is 6.61. The van der Waals surface area contributed by atoms with E-state index in [0.717, 1.165) is 0 Å². The second kappa shape index (κ2) is 7.83. The molecule has 0 saturated carbocycles. The third kappa shape index (κ3) is 4.36. The molecule has 2 aromatic rings. The van der Waals surface area contributed by atoms with E-state index in [-0.39, 0.29) is 16.5 Å². The first-order valence-corrected chi connectivity index (χ1v) is 7.02. The number of nitrogens with one attached hydrogen (secondary N) is 3. The average Bonchev–Trinajstić information content (AvgIpc) is 2.60. The number of carbonyl (C=O) groups is 1. The minimum absolute atomic E-state index is 0.0828. The van der Waals surface area contributed by atoms with Gasteiger partial charge in [-0.15, -0.1) is 0 Å². The summed E-state index contributed by atoms with van der Waals surface area (Å²) in [5.41, 5.74) is 5.59. The van der Waals surface area contributed by atoms with Gasteiger partial charge in [-0.1, -0.05) is 0 Å². The lowest BCUT2D eigenvalue weighted by Crippen LogP contribution is -2.43. The molecule has 1 aromatic carbocycles. The van der Waals surface area contributed by atoms with E-state index in [4.69, 9.17) is 17.0 Å². The van der Waals surface area contributed by atoms with Gasteiger partial charge in [0.25, 0.3) is 11.6 Å². The molecule has 0 fully saturated rings. The molecule has 9 nitrogen and oxygen atoms in total. The molecule has 0 atom stereocenters. The summed E-state index contributed by atoms with van der Waals surface area (Å²) in [6.45, 7) is 0. The number of carbonyl (C=O) groups excluding carboxylic acids is 1. The van der Waals surface area contributed by atoms with E-state index in [9.17, 15) is 14.9 Å². The van der Waals surface area contributed by atoms with Gasteiger partial charge in [0.05, 0.1) is 29.4 Å². The molecule has 0 saturated heterocycles. The molecule has 1 amide bonds. The van der Waals surface area contributed by atoms with Crippen LogP contribution < -0.4 is 20.9 Å². The molecule has 1 aromatic heterocycles. The van der Waals surface area contributed by atoms with E-state index in [1.54, 1.807) is 18.3 Å². The third-order valence-electron chi connectivity index (χ3n) is 2.86. The lowest BCUT2D eigenvalue weighted by molar-refractivity contribution is -0.384. The van der Waals surface area contributed by atoms with Crippen molar-refractivity contribution in [3.8, 4) is 5.75 Å². The number of hydrogen-bond donors (Lipinski definition) is 3. The molecule has 24 heavy (non-hydrogen) atoms. The molecule has 0 aliphatic heterocycles. The summed E-state index contributed by atoms with van der Waals surface area (Å²) in [6.07, 6.45) is 2.96. The highest BCUT2D eigenvalue weighted by molar-refractivity contribution is 7.80. The largest absolute Gasteiger partial charge is 0.494 e. The second-order valence-corrected chi connectivity index (χ2v) is 4.82. The van der Waals surface area contributed by atoms with Crippen LogP contribution in [0.25, 0.3) is 0 Å². The highest BCUT2D eigenvalue weighted by Gasteiger charge is 2.12. The van der Waals surface area contributed by atoms with Gasteiger partial charge in [0, 0.05) is 18.5 Å². The fourth-order valence-electron chi connectivity index (χ4n) is 1.73. The fraction of sp³-hybridized carbons (Fsp3) is 0.0714. The van der Waals surface area contributed by atoms with Crippen molar-refractivity contribution in [2.75, 3.05) is 12.4 Å². The molecular formula is C14H13N5O4S. The number of methoxy groups -OCH3 is 1. The van der Waals surface area contributed by atoms with Gasteiger partial charge in [0.2, 0.25) is 0 Å². The summed E-state index contributed by atoms with van der Waals surface area (Å²) in [4.78, 5) is 25.9. The van der Waals surface area contributed by atoms with Crippen LogP contribution in [0.15, 0.2) is 42.7 Å². The zero-order chi connectivity index (χ0) is 17.5. The standard InChI is InChI=1S/C14H13N5O4S/c1-23-12-7-10(19(21)22)4-5-11(12)16-14(24)18-17-13(20)9-3-2-6-15-8-9/h2-8H,1H3,(H,17,20)(H2,16,18,24). The number of ether oxygens (including phenoxy) is 1. The summed E-state index contributed by atoms with van der Waals surface area (Å²) < 4.78 is 5.08. The molecule has 10 heteroatoms. The number of nitro benzene ring substituents is 1. The average molecular weight is 347 g/mol. The van der Waals surface area contributed by atoms with Gasteiger partial charge in [-0.3, -0.25) is 30.7 Å². The number of anilines is 1. The van der Waals surface area contributed by atoms with Crippen LogP contribution in [0.5, 0.6) is 5.75 Å². The van der Waals surface area contributed by atoms with Crippen LogP contribution >= 0.6 is 12.2 Å². The van der Waals surface area contributed by atoms with Crippen molar-refractivity contribution in [1.82, 2.24) is 15.8 Å². The van der Waals surface area contributed by atoms with Crippen LogP contribution in [-0.2, 0) is 0 Å². The number of rotatable bonds is 4. The van der Waals surface area contributed by atoms with E-state index in [0.29, 0.717) is 11.3 Å². The van der Waals surface area contributed by atoms with E-state index in [1.165, 1.54) is 31.5 Å². The van der Waals surface area contributed by atoms with E-state index >= 15 is 0 Å². The number of nitrogens with zero attached hydrogens (tertiary/aromatic N) is 2. The number of non-ortho nitro benzene ring substituents is 1. The number of nitro groups is 1. The number of hydrazine groups is 1. The summed E-state index contributed by atoms with van der Waals surface area (Å²) in [6, 6.07) is 7.25. The van der Waals surface area contributed by atoms with Crippen LogP contribution in [-0.4, -0.2) is 28.0 Å². The predicted octanol–water partition coefficient (Wildman–Crippen LogP) is 1.63. The summed E-state index contributed by atoms with van der Waals surface area (Å²) in [7, 11) is 1.38. The predicted molar refractivity (Wildman–Crippen MR) is 90.7 cm³/mol. The Morgan fingerprint density at radius 3 is 2.75 bits per heavy atom. The van der Waals surface area contributed by atoms with Crippen LogP contribution in [0, 0.1) is 10.1 Å². The maximum Gasteiger partial charge on any atom is 0.273 e. The second-order valence-electron chi connectivity index (χ2n) is 4.42. The van der Waals surface area contributed by atoms with Crippen molar-refractivity contribution < 1.29 is 14.5 Å². The number of hydrogen-bond acceptors (Lipinski definition) is 6. The Labute approximate surface area is 142 Å². The summed E-state index contributed by atoms with van der Waals surface area (Å²) in [5, 5.41) is 13.6. The maximum absolute atomic E-state index is 11.8. The molecule has 0 unspecified atom stereocenters. The normalized spacial score (nSPS) is 9.71. The Balaban J connectivity index is 1.97. The molecule has 0 aliphatic carbocycles. The first kappa shape index (κ1) is 17.1. The first-order chi connectivity index (χ1) is 11.5. The Bertz CT molecular complexity index is 769. The van der Waals surface area contributed by atoms with Crippen molar-refractivity contribution >= 4 is 34.6 Å². The van der Waals surface area contributed by atoms with Crippen molar-refractivity contribution in [1.29, 1.82) is 0 Å². The third-order valence-corrected chi connectivity index (χ3v) is 3.06. The van der Waals surface area contributed by atoms with Crippen LogP contribution in [0.4, 0.5) is 11.4 Å². The monoisotopic (exact) mass is 347 g/mol. The van der Waals surface area contributed by atoms with Crippen molar-refractivity contribution in [3.05, 3.63) is 58.4 Å². The van der Waals surface area contributed by atoms with Crippen LogP contribution in [0.1, 0.15) is 10.4 Å². The van der Waals surface area contributed by atoms with Crippen molar-refractivity contribution in [2.45, 2.75) is 0 Å². The highest BCUT2D eigenvalue weighted by Crippen LogP contribution is 2.28. The van der Waals surface area contributed by atoms with Gasteiger partial charge in [-0.05, 0) is 30.4 Å². The Morgan fingerprint density at radius 1 is 1.33 bits per heavy atom. The minimum atomic E-state index is -0.531. The number of aromatic nitrogens is 1. The van der Waals surface area contributed by atoms with Gasteiger partial charge in [0.15, 0.2) is 5.11 Å². The smallest absolute Gasteiger partial charge is 0.273 e. The summed E-state index contributed by atoms with van der Waals surface area (Å²) >= 11 is 5.05. The molecule has 124 valence electrons. The minimum Gasteiger partial charge on any atom is -0.494 e. The fourth-order valence-corrected chi connectivity index (χ4v) is 1.89. The van der Waals surface area contributed by atoms with Crippen LogP contribution in [0.3, 0.4) is 0 Å². The molecule has 2 rings (SSSR count). The molecule has 0 bridgehead atoms. The molecule has 0 radical (unpaired) electrons. The van der Waals surface area contributed by atoms with Crippen molar-refractivity contribution in [3.63, 3.8) is 0 Å². The van der Waals surface area contributed by atoms with Gasteiger partial charge in [-0.2, -0.15) is 0 Å². The van der Waals surface area contributed by atoms with Crippen molar-refractivity contribution in [2.24, 2.45) is 0 Å². The van der Waals surface area contributed by atoms with Gasteiger partial charge in [0.1, 0.15) is 5.75 Å². The van der Waals surface area contributed by atoms with E-state index in [1.807, 2.05) is 0 Å². The van der Waals surface area contributed by atoms with E-state index < -0.39 is 10.8 Å². The Morgan fingerprint density at radius 2 is 2.12 bits per heavy atom. The zero-order valence-corrected chi connectivity index (χ0v) is 13.3. The summed E-state index contributed by atoms with van der Waals surface area (Å²) in [5.74, 6) is -0.171. The van der Waals surface area contributed by atoms with E-state index in [2.05, 4.69) is 21.2 Å². The maximum atomic E-state index is 11.8. The molecule has 3 N–H and O–H groups in total. The zero-order valence-electron chi connectivity index (χ0n) is 12.5. The molecule has 0 spiro atoms. The lowest BCUT2D eigenvalue weighted by Gasteiger charge is -2.13. The number of pyridine rings is 1. The molecule has 0 aliphatic rings.